The Labute approximate surface area is 106 Å². The predicted molar refractivity (Wildman–Crippen MR) is 70.3 cm³/mol. The fourth-order valence-electron chi connectivity index (χ4n) is 1.58. The Hall–Kier alpha value is -0.830. The summed E-state index contributed by atoms with van der Waals surface area (Å²) in [5.41, 5.74) is 1.28. The minimum absolute atomic E-state index is 0.199. The van der Waals surface area contributed by atoms with Crippen molar-refractivity contribution in [3.8, 4) is 0 Å². The average molecular weight is 284 g/mol. The topological polar surface area (TPSA) is 20.3 Å². The summed E-state index contributed by atoms with van der Waals surface area (Å²) in [5.74, 6) is 0.584. The van der Waals surface area contributed by atoms with Crippen LogP contribution in [-0.4, -0.2) is 24.9 Å². The maximum absolute atomic E-state index is 11.5. The second kappa shape index (κ2) is 6.04. The Morgan fingerprint density at radius 3 is 2.38 bits per heavy atom. The highest BCUT2D eigenvalue weighted by Gasteiger charge is 2.11. The van der Waals surface area contributed by atoms with E-state index < -0.39 is 0 Å². The molecule has 0 saturated carbocycles. The SMILES string of the molecule is CC(CC(=O)N(C)C)Cc1ccc(Br)cc1. The molecule has 0 saturated heterocycles. The van der Waals surface area contributed by atoms with Gasteiger partial charge in [0.1, 0.15) is 0 Å². The van der Waals surface area contributed by atoms with Crippen molar-refractivity contribution in [3.63, 3.8) is 0 Å². The zero-order valence-electron chi connectivity index (χ0n) is 10.0. The van der Waals surface area contributed by atoms with E-state index in [9.17, 15) is 4.79 Å². The zero-order chi connectivity index (χ0) is 12.1. The van der Waals surface area contributed by atoms with Crippen molar-refractivity contribution in [2.24, 2.45) is 5.92 Å². The van der Waals surface area contributed by atoms with Crippen molar-refractivity contribution in [2.45, 2.75) is 19.8 Å². The molecular formula is C13H18BrNO. The van der Waals surface area contributed by atoms with Crippen molar-refractivity contribution < 1.29 is 4.79 Å². The molecule has 88 valence electrons. The summed E-state index contributed by atoms with van der Waals surface area (Å²) in [6.07, 6.45) is 1.57. The van der Waals surface area contributed by atoms with Crippen LogP contribution in [-0.2, 0) is 11.2 Å². The lowest BCUT2D eigenvalue weighted by atomic mass is 9.98. The first-order valence-electron chi connectivity index (χ1n) is 5.43. The molecular weight excluding hydrogens is 266 g/mol. The number of hydrogen-bond donors (Lipinski definition) is 0. The van der Waals surface area contributed by atoms with Crippen LogP contribution in [0.5, 0.6) is 0 Å². The van der Waals surface area contributed by atoms with Crippen molar-refractivity contribution in [3.05, 3.63) is 34.3 Å². The lowest BCUT2D eigenvalue weighted by Gasteiger charge is -2.15. The second-order valence-electron chi connectivity index (χ2n) is 4.43. The van der Waals surface area contributed by atoms with Gasteiger partial charge < -0.3 is 4.90 Å². The van der Waals surface area contributed by atoms with E-state index in [1.165, 1.54) is 5.56 Å². The molecule has 1 aromatic carbocycles. The number of carbonyl (C=O) groups excluding carboxylic acids is 1. The Morgan fingerprint density at radius 1 is 1.31 bits per heavy atom. The Bertz CT molecular complexity index is 345. The van der Waals surface area contributed by atoms with Crippen molar-refractivity contribution in [1.82, 2.24) is 4.90 Å². The second-order valence-corrected chi connectivity index (χ2v) is 5.34. The summed E-state index contributed by atoms with van der Waals surface area (Å²) in [6.45, 7) is 2.11. The molecule has 1 unspecified atom stereocenters. The standard InChI is InChI=1S/C13H18BrNO/c1-10(9-13(16)15(2)3)8-11-4-6-12(14)7-5-11/h4-7,10H,8-9H2,1-3H3. The van der Waals surface area contributed by atoms with Crippen LogP contribution in [0.2, 0.25) is 0 Å². The molecule has 3 heteroatoms. The van der Waals surface area contributed by atoms with Gasteiger partial charge in [0.05, 0.1) is 0 Å². The molecule has 0 heterocycles. The van der Waals surface area contributed by atoms with E-state index in [0.717, 1.165) is 10.9 Å². The summed E-state index contributed by atoms with van der Waals surface area (Å²) in [5, 5.41) is 0. The van der Waals surface area contributed by atoms with Crippen LogP contribution in [0, 0.1) is 5.92 Å². The van der Waals surface area contributed by atoms with Gasteiger partial charge in [0.15, 0.2) is 0 Å². The predicted octanol–water partition coefficient (Wildman–Crippen LogP) is 3.11. The summed E-state index contributed by atoms with van der Waals surface area (Å²) in [7, 11) is 3.60. The molecule has 1 rings (SSSR count). The lowest BCUT2D eigenvalue weighted by Crippen LogP contribution is -2.24. The monoisotopic (exact) mass is 283 g/mol. The largest absolute Gasteiger partial charge is 0.349 e. The van der Waals surface area contributed by atoms with Crippen LogP contribution in [0.3, 0.4) is 0 Å². The van der Waals surface area contributed by atoms with Crippen LogP contribution in [0.15, 0.2) is 28.7 Å². The van der Waals surface area contributed by atoms with Gasteiger partial charge in [0.2, 0.25) is 5.91 Å². The van der Waals surface area contributed by atoms with Crippen LogP contribution < -0.4 is 0 Å². The smallest absolute Gasteiger partial charge is 0.222 e. The molecule has 0 fully saturated rings. The van der Waals surface area contributed by atoms with E-state index >= 15 is 0 Å². The zero-order valence-corrected chi connectivity index (χ0v) is 11.6. The minimum atomic E-state index is 0.199. The van der Waals surface area contributed by atoms with E-state index in [4.69, 9.17) is 0 Å². The number of halogens is 1. The van der Waals surface area contributed by atoms with Crippen LogP contribution >= 0.6 is 15.9 Å². The highest BCUT2D eigenvalue weighted by molar-refractivity contribution is 9.10. The normalized spacial score (nSPS) is 12.2. The first-order valence-corrected chi connectivity index (χ1v) is 6.23. The van der Waals surface area contributed by atoms with E-state index in [1.807, 2.05) is 12.1 Å². The number of benzene rings is 1. The third-order valence-electron chi connectivity index (χ3n) is 2.52. The van der Waals surface area contributed by atoms with E-state index in [0.29, 0.717) is 12.3 Å². The van der Waals surface area contributed by atoms with Crippen molar-refractivity contribution in [1.29, 1.82) is 0 Å². The fourth-order valence-corrected chi connectivity index (χ4v) is 1.84. The summed E-state index contributed by atoms with van der Waals surface area (Å²) in [6, 6.07) is 8.27. The van der Waals surface area contributed by atoms with Gasteiger partial charge in [-0.25, -0.2) is 0 Å². The molecule has 0 aromatic heterocycles. The number of hydrogen-bond acceptors (Lipinski definition) is 1. The Kier molecular flexibility index (Phi) is 5.00. The third kappa shape index (κ3) is 4.35. The Morgan fingerprint density at radius 2 is 1.88 bits per heavy atom. The van der Waals surface area contributed by atoms with Crippen LogP contribution in [0.4, 0.5) is 0 Å². The molecule has 0 spiro atoms. The molecule has 1 aromatic rings. The van der Waals surface area contributed by atoms with Crippen LogP contribution in [0.1, 0.15) is 18.9 Å². The van der Waals surface area contributed by atoms with Gasteiger partial charge in [-0.05, 0) is 30.0 Å². The summed E-state index contributed by atoms with van der Waals surface area (Å²) in [4.78, 5) is 13.2. The third-order valence-corrected chi connectivity index (χ3v) is 3.05. The quantitative estimate of drug-likeness (QED) is 0.832. The minimum Gasteiger partial charge on any atom is -0.349 e. The molecule has 0 radical (unpaired) electrons. The first-order chi connectivity index (χ1) is 7.49. The number of nitrogens with zero attached hydrogens (tertiary/aromatic N) is 1. The maximum atomic E-state index is 11.5. The van der Waals surface area contributed by atoms with Gasteiger partial charge in [0.25, 0.3) is 0 Å². The molecule has 0 aliphatic rings. The average Bonchev–Trinajstić information content (AvgIpc) is 2.21. The maximum Gasteiger partial charge on any atom is 0.222 e. The molecule has 0 N–H and O–H groups in total. The van der Waals surface area contributed by atoms with E-state index in [2.05, 4.69) is 35.0 Å². The van der Waals surface area contributed by atoms with Crippen molar-refractivity contribution in [2.75, 3.05) is 14.1 Å². The van der Waals surface area contributed by atoms with Gasteiger partial charge in [-0.2, -0.15) is 0 Å². The fraction of sp³-hybridized carbons (Fsp3) is 0.462. The molecule has 0 bridgehead atoms. The van der Waals surface area contributed by atoms with Gasteiger partial charge in [-0.15, -0.1) is 0 Å². The van der Waals surface area contributed by atoms with Gasteiger partial charge in [-0.3, -0.25) is 4.79 Å². The summed E-state index contributed by atoms with van der Waals surface area (Å²) < 4.78 is 1.09. The molecule has 1 amide bonds. The number of carbonyl (C=O) groups is 1. The number of amides is 1. The first kappa shape index (κ1) is 13.2. The molecule has 2 nitrogen and oxygen atoms in total. The highest BCUT2D eigenvalue weighted by atomic mass is 79.9. The van der Waals surface area contributed by atoms with E-state index in [1.54, 1.807) is 19.0 Å². The van der Waals surface area contributed by atoms with Crippen molar-refractivity contribution >= 4 is 21.8 Å². The molecule has 16 heavy (non-hydrogen) atoms. The van der Waals surface area contributed by atoms with Crippen LogP contribution in [0.25, 0.3) is 0 Å². The van der Waals surface area contributed by atoms with Gasteiger partial charge in [0, 0.05) is 25.0 Å². The highest BCUT2D eigenvalue weighted by Crippen LogP contribution is 2.16. The molecule has 0 aliphatic carbocycles. The summed E-state index contributed by atoms with van der Waals surface area (Å²) >= 11 is 3.41. The van der Waals surface area contributed by atoms with E-state index in [-0.39, 0.29) is 5.91 Å². The number of rotatable bonds is 4. The van der Waals surface area contributed by atoms with Gasteiger partial charge >= 0.3 is 0 Å². The lowest BCUT2D eigenvalue weighted by molar-refractivity contribution is -0.129. The van der Waals surface area contributed by atoms with Gasteiger partial charge in [-0.1, -0.05) is 35.0 Å². The molecule has 1 atom stereocenters. The Balaban J connectivity index is 2.48. The molecule has 0 aliphatic heterocycles.